The summed E-state index contributed by atoms with van der Waals surface area (Å²) >= 11 is 0. The highest BCUT2D eigenvalue weighted by Crippen LogP contribution is 2.20. The average molecular weight is 314 g/mol. The van der Waals surface area contributed by atoms with Gasteiger partial charge in [-0.2, -0.15) is 0 Å². The molecule has 0 heterocycles. The van der Waals surface area contributed by atoms with Crippen molar-refractivity contribution in [3.63, 3.8) is 0 Å². The fraction of sp³-hybridized carbons (Fsp3) is 0.500. The summed E-state index contributed by atoms with van der Waals surface area (Å²) in [6.07, 6.45) is 1.09. The molecule has 1 rings (SSSR count). The third-order valence-corrected chi connectivity index (χ3v) is 4.68. The van der Waals surface area contributed by atoms with Crippen molar-refractivity contribution >= 4 is 21.6 Å². The van der Waals surface area contributed by atoms with Crippen molar-refractivity contribution in [1.29, 1.82) is 0 Å². The largest absolute Gasteiger partial charge is 0.396 e. The van der Waals surface area contributed by atoms with Crippen molar-refractivity contribution in [2.75, 3.05) is 11.9 Å². The molecular weight excluding hydrogens is 292 g/mol. The molecule has 0 aromatic heterocycles. The number of aliphatic hydroxyl groups excluding tert-OH is 1. The van der Waals surface area contributed by atoms with Crippen LogP contribution in [0.4, 0.5) is 5.69 Å². The summed E-state index contributed by atoms with van der Waals surface area (Å²) in [5.74, 6) is -0.258. The maximum atomic E-state index is 12.4. The van der Waals surface area contributed by atoms with Gasteiger partial charge >= 0.3 is 0 Å². The van der Waals surface area contributed by atoms with Crippen LogP contribution in [0.2, 0.25) is 0 Å². The molecule has 0 radical (unpaired) electrons. The van der Waals surface area contributed by atoms with E-state index in [2.05, 4.69) is 10.0 Å². The second kappa shape index (κ2) is 7.53. The molecule has 0 aliphatic rings. The topological polar surface area (TPSA) is 95.5 Å². The predicted molar refractivity (Wildman–Crippen MR) is 81.6 cm³/mol. The number of carbonyl (C=O) groups is 1. The normalized spacial score (nSPS) is 13.0. The van der Waals surface area contributed by atoms with Gasteiger partial charge in [-0.15, -0.1) is 0 Å². The van der Waals surface area contributed by atoms with Crippen LogP contribution in [-0.2, 0) is 14.8 Å². The first kappa shape index (κ1) is 17.6. The number of aryl methyl sites for hydroxylation is 1. The van der Waals surface area contributed by atoms with Gasteiger partial charge in [-0.1, -0.05) is 6.07 Å². The fourth-order valence-electron chi connectivity index (χ4n) is 1.96. The minimum absolute atomic E-state index is 0.0309. The highest BCUT2D eigenvalue weighted by atomic mass is 32.2. The van der Waals surface area contributed by atoms with Crippen LogP contribution < -0.4 is 10.0 Å². The summed E-state index contributed by atoms with van der Waals surface area (Å²) < 4.78 is 27.3. The minimum atomic E-state index is -3.66. The molecule has 1 aromatic rings. The molecule has 3 N–H and O–H groups in total. The van der Waals surface area contributed by atoms with Crippen LogP contribution >= 0.6 is 0 Å². The van der Waals surface area contributed by atoms with Crippen LogP contribution in [-0.4, -0.2) is 32.1 Å². The Labute approximate surface area is 125 Å². The Kier molecular flexibility index (Phi) is 6.32. The van der Waals surface area contributed by atoms with Gasteiger partial charge < -0.3 is 10.4 Å². The molecule has 7 heteroatoms. The van der Waals surface area contributed by atoms with Gasteiger partial charge in [0, 0.05) is 25.3 Å². The van der Waals surface area contributed by atoms with Crippen LogP contribution in [0.3, 0.4) is 0 Å². The maximum Gasteiger partial charge on any atom is 0.241 e. The minimum Gasteiger partial charge on any atom is -0.396 e. The number of aliphatic hydroxyl groups is 1. The molecule has 1 atom stereocenters. The number of hydrogen-bond donors (Lipinski definition) is 3. The molecule has 6 nitrogen and oxygen atoms in total. The third kappa shape index (κ3) is 5.45. The van der Waals surface area contributed by atoms with E-state index in [1.54, 1.807) is 26.0 Å². The number of amides is 1. The van der Waals surface area contributed by atoms with E-state index in [-0.39, 0.29) is 23.5 Å². The Morgan fingerprint density at radius 1 is 1.38 bits per heavy atom. The van der Waals surface area contributed by atoms with Gasteiger partial charge in [0.2, 0.25) is 15.9 Å². The van der Waals surface area contributed by atoms with Crippen LogP contribution in [0.1, 0.15) is 32.3 Å². The zero-order valence-electron chi connectivity index (χ0n) is 12.5. The van der Waals surface area contributed by atoms with Gasteiger partial charge in [-0.05, 0) is 44.4 Å². The van der Waals surface area contributed by atoms with E-state index in [1.165, 1.54) is 13.0 Å². The molecule has 0 saturated carbocycles. The zero-order chi connectivity index (χ0) is 16.0. The number of anilines is 1. The van der Waals surface area contributed by atoms with E-state index in [1.807, 2.05) is 0 Å². The van der Waals surface area contributed by atoms with E-state index in [4.69, 9.17) is 5.11 Å². The van der Waals surface area contributed by atoms with E-state index in [0.29, 0.717) is 24.1 Å². The fourth-order valence-corrected chi connectivity index (χ4v) is 3.50. The highest BCUT2D eigenvalue weighted by Gasteiger charge is 2.20. The van der Waals surface area contributed by atoms with E-state index < -0.39 is 10.0 Å². The van der Waals surface area contributed by atoms with Gasteiger partial charge in [0.15, 0.2) is 0 Å². The quantitative estimate of drug-likeness (QED) is 0.709. The first-order valence-electron chi connectivity index (χ1n) is 6.77. The molecule has 118 valence electrons. The summed E-state index contributed by atoms with van der Waals surface area (Å²) in [4.78, 5) is 11.2. The molecule has 21 heavy (non-hydrogen) atoms. The lowest BCUT2D eigenvalue weighted by Crippen LogP contribution is -2.33. The molecule has 1 aromatic carbocycles. The molecular formula is C14H22N2O4S. The third-order valence-electron chi connectivity index (χ3n) is 2.95. The van der Waals surface area contributed by atoms with Gasteiger partial charge in [0.25, 0.3) is 0 Å². The van der Waals surface area contributed by atoms with Crippen LogP contribution in [0.25, 0.3) is 0 Å². The number of nitrogens with one attached hydrogen (secondary N) is 2. The monoisotopic (exact) mass is 314 g/mol. The van der Waals surface area contributed by atoms with Gasteiger partial charge in [-0.3, -0.25) is 4.79 Å². The lowest BCUT2D eigenvalue weighted by molar-refractivity contribution is -0.114. The first-order chi connectivity index (χ1) is 9.76. The molecule has 0 saturated heterocycles. The molecule has 0 fully saturated rings. The molecule has 1 amide bonds. The van der Waals surface area contributed by atoms with Crippen molar-refractivity contribution in [2.45, 2.75) is 44.6 Å². The average Bonchev–Trinajstić information content (AvgIpc) is 2.37. The second-order valence-electron chi connectivity index (χ2n) is 5.05. The molecule has 0 aliphatic heterocycles. The lowest BCUT2D eigenvalue weighted by Gasteiger charge is -2.16. The molecule has 1 unspecified atom stereocenters. The second-order valence-corrected chi connectivity index (χ2v) is 6.73. The van der Waals surface area contributed by atoms with E-state index in [0.717, 1.165) is 0 Å². The SMILES string of the molecule is CC(=O)Nc1ccc(C)c(S(=O)(=O)NC(C)CCCO)c1. The molecule has 0 spiro atoms. The van der Waals surface area contributed by atoms with Crippen LogP contribution in [0.5, 0.6) is 0 Å². The number of carbonyl (C=O) groups excluding carboxylic acids is 1. The van der Waals surface area contributed by atoms with Crippen molar-refractivity contribution in [3.8, 4) is 0 Å². The van der Waals surface area contributed by atoms with Gasteiger partial charge in [0.05, 0.1) is 4.90 Å². The number of benzene rings is 1. The van der Waals surface area contributed by atoms with Crippen molar-refractivity contribution in [1.82, 2.24) is 4.72 Å². The summed E-state index contributed by atoms with van der Waals surface area (Å²) in [6, 6.07) is 4.48. The Morgan fingerprint density at radius 2 is 2.05 bits per heavy atom. The Morgan fingerprint density at radius 3 is 2.62 bits per heavy atom. The number of sulfonamides is 1. The van der Waals surface area contributed by atoms with Crippen LogP contribution in [0, 0.1) is 6.92 Å². The predicted octanol–water partition coefficient (Wildman–Crippen LogP) is 1.39. The summed E-state index contributed by atoms with van der Waals surface area (Å²) in [7, 11) is -3.66. The lowest BCUT2D eigenvalue weighted by atomic mass is 10.2. The summed E-state index contributed by atoms with van der Waals surface area (Å²) in [6.45, 7) is 4.84. The Hall–Kier alpha value is -1.44. The Balaban J connectivity index is 2.98. The van der Waals surface area contributed by atoms with Crippen molar-refractivity contribution in [2.24, 2.45) is 0 Å². The van der Waals surface area contributed by atoms with Gasteiger partial charge in [-0.25, -0.2) is 13.1 Å². The number of rotatable bonds is 7. The van der Waals surface area contributed by atoms with Crippen molar-refractivity contribution < 1.29 is 18.3 Å². The highest BCUT2D eigenvalue weighted by molar-refractivity contribution is 7.89. The van der Waals surface area contributed by atoms with Crippen molar-refractivity contribution in [3.05, 3.63) is 23.8 Å². The standard InChI is InChI=1S/C14H22N2O4S/c1-10-6-7-13(15-12(3)18)9-14(10)21(19,20)16-11(2)5-4-8-17/h6-7,9,11,16-17H,4-5,8H2,1-3H3,(H,15,18). The summed E-state index contributed by atoms with van der Waals surface area (Å²) in [5.41, 5.74) is 1.04. The maximum absolute atomic E-state index is 12.4. The summed E-state index contributed by atoms with van der Waals surface area (Å²) in [5, 5.41) is 11.3. The van der Waals surface area contributed by atoms with Gasteiger partial charge in [0.1, 0.15) is 0 Å². The molecule has 0 bridgehead atoms. The molecule has 0 aliphatic carbocycles. The zero-order valence-corrected chi connectivity index (χ0v) is 13.3. The number of hydrogen-bond acceptors (Lipinski definition) is 4. The van der Waals surface area contributed by atoms with E-state index >= 15 is 0 Å². The van der Waals surface area contributed by atoms with E-state index in [9.17, 15) is 13.2 Å². The smallest absolute Gasteiger partial charge is 0.241 e. The van der Waals surface area contributed by atoms with Crippen LogP contribution in [0.15, 0.2) is 23.1 Å². The Bertz CT molecular complexity index is 599. The first-order valence-corrected chi connectivity index (χ1v) is 8.26.